The molecule has 1 aliphatic heterocycles. The molecule has 0 spiro atoms. The van der Waals surface area contributed by atoms with Crippen LogP contribution in [0.1, 0.15) is 30.0 Å². The minimum absolute atomic E-state index is 0.185. The van der Waals surface area contributed by atoms with E-state index in [2.05, 4.69) is 30.1 Å². The van der Waals surface area contributed by atoms with Crippen molar-refractivity contribution >= 4 is 10.0 Å². The second-order valence-electron chi connectivity index (χ2n) is 6.25. The van der Waals surface area contributed by atoms with Crippen LogP contribution < -0.4 is 0 Å². The number of sulfonamides is 1. The molecular formula is C18H22N2O2S. The smallest absolute Gasteiger partial charge is 0.211 e. The number of hydrogen-bond donors (Lipinski definition) is 0. The van der Waals surface area contributed by atoms with Gasteiger partial charge in [-0.25, -0.2) is 12.7 Å². The topological polar surface area (TPSA) is 50.3 Å². The molecule has 0 unspecified atom stereocenters. The normalized spacial score (nSPS) is 19.7. The molecule has 2 heterocycles. The molecule has 0 amide bonds. The minimum atomic E-state index is -3.12. The summed E-state index contributed by atoms with van der Waals surface area (Å²) in [6.07, 6.45) is 5.06. The maximum atomic E-state index is 11.7. The molecule has 1 aromatic heterocycles. The highest BCUT2D eigenvalue weighted by molar-refractivity contribution is 7.88. The van der Waals surface area contributed by atoms with Gasteiger partial charge in [-0.15, -0.1) is 0 Å². The van der Waals surface area contributed by atoms with E-state index in [9.17, 15) is 8.42 Å². The Labute approximate surface area is 138 Å². The Morgan fingerprint density at radius 3 is 2.61 bits per heavy atom. The highest BCUT2D eigenvalue weighted by Gasteiger charge is 2.27. The first-order valence-electron chi connectivity index (χ1n) is 7.92. The van der Waals surface area contributed by atoms with Gasteiger partial charge in [-0.3, -0.25) is 4.98 Å². The summed E-state index contributed by atoms with van der Waals surface area (Å²) in [4.78, 5) is 4.61. The number of piperidine rings is 1. The molecule has 2 aromatic rings. The third-order valence-electron chi connectivity index (χ3n) is 4.51. The van der Waals surface area contributed by atoms with E-state index in [1.165, 1.54) is 17.4 Å². The first-order chi connectivity index (χ1) is 10.9. The molecule has 1 saturated heterocycles. The monoisotopic (exact) mass is 330 g/mol. The van der Waals surface area contributed by atoms with E-state index in [4.69, 9.17) is 0 Å². The first kappa shape index (κ1) is 16.1. The highest BCUT2D eigenvalue weighted by Crippen LogP contribution is 2.29. The third kappa shape index (κ3) is 3.62. The number of hydrogen-bond acceptors (Lipinski definition) is 3. The molecule has 0 radical (unpaired) electrons. The Kier molecular flexibility index (Phi) is 4.50. The van der Waals surface area contributed by atoms with Crippen LogP contribution in [0, 0.1) is 6.92 Å². The van der Waals surface area contributed by atoms with Crippen LogP contribution in [-0.2, 0) is 10.0 Å². The lowest BCUT2D eigenvalue weighted by Gasteiger charge is -2.30. The van der Waals surface area contributed by atoms with E-state index in [1.54, 1.807) is 4.31 Å². The molecular weight excluding hydrogens is 308 g/mol. The fraction of sp³-hybridized carbons (Fsp3) is 0.389. The lowest BCUT2D eigenvalue weighted by molar-refractivity contribution is 0.314. The minimum Gasteiger partial charge on any atom is -0.260 e. The molecule has 122 valence electrons. The number of benzene rings is 1. The molecule has 0 N–H and O–H groups in total. The maximum Gasteiger partial charge on any atom is 0.211 e. The van der Waals surface area contributed by atoms with Crippen molar-refractivity contribution in [3.05, 3.63) is 53.9 Å². The molecule has 3 rings (SSSR count). The largest absolute Gasteiger partial charge is 0.260 e. The molecule has 0 saturated carbocycles. The van der Waals surface area contributed by atoms with Crippen molar-refractivity contribution in [3.8, 4) is 11.1 Å². The Balaban J connectivity index is 1.81. The zero-order chi connectivity index (χ0) is 16.4. The van der Waals surface area contributed by atoms with E-state index < -0.39 is 10.0 Å². The number of rotatable bonds is 3. The SMILES string of the molecule is Cc1ccccc1-c1ccc([C@H]2CCCN(S(C)(=O)=O)C2)nc1. The van der Waals surface area contributed by atoms with E-state index in [-0.39, 0.29) is 5.92 Å². The molecule has 5 heteroatoms. The van der Waals surface area contributed by atoms with E-state index in [1.807, 2.05) is 24.4 Å². The van der Waals surface area contributed by atoms with Crippen molar-refractivity contribution in [2.24, 2.45) is 0 Å². The van der Waals surface area contributed by atoms with Gasteiger partial charge >= 0.3 is 0 Å². The summed E-state index contributed by atoms with van der Waals surface area (Å²) >= 11 is 0. The summed E-state index contributed by atoms with van der Waals surface area (Å²) in [6, 6.07) is 12.4. The van der Waals surface area contributed by atoms with Crippen molar-refractivity contribution in [2.75, 3.05) is 19.3 Å². The van der Waals surface area contributed by atoms with Gasteiger partial charge in [0.05, 0.1) is 6.26 Å². The van der Waals surface area contributed by atoms with Crippen molar-refractivity contribution in [1.82, 2.24) is 9.29 Å². The number of aryl methyl sites for hydroxylation is 1. The Bertz CT molecular complexity index is 785. The molecule has 1 atom stereocenters. The van der Waals surface area contributed by atoms with Crippen molar-refractivity contribution in [2.45, 2.75) is 25.7 Å². The molecule has 4 nitrogen and oxygen atoms in total. The van der Waals surface area contributed by atoms with Crippen molar-refractivity contribution in [1.29, 1.82) is 0 Å². The van der Waals surface area contributed by atoms with Crippen LogP contribution in [0.5, 0.6) is 0 Å². The summed E-state index contributed by atoms with van der Waals surface area (Å²) in [5, 5.41) is 0. The zero-order valence-corrected chi connectivity index (χ0v) is 14.4. The Morgan fingerprint density at radius 2 is 1.96 bits per heavy atom. The molecule has 1 aliphatic rings. The lowest BCUT2D eigenvalue weighted by Crippen LogP contribution is -2.38. The fourth-order valence-corrected chi connectivity index (χ4v) is 4.10. The number of pyridine rings is 1. The van der Waals surface area contributed by atoms with Gasteiger partial charge in [-0.1, -0.05) is 30.3 Å². The van der Waals surface area contributed by atoms with Crippen LogP contribution in [0.4, 0.5) is 0 Å². The van der Waals surface area contributed by atoms with E-state index in [0.29, 0.717) is 13.1 Å². The van der Waals surface area contributed by atoms with Gasteiger partial charge in [0, 0.05) is 36.5 Å². The van der Waals surface area contributed by atoms with Gasteiger partial charge in [0.25, 0.3) is 0 Å². The zero-order valence-electron chi connectivity index (χ0n) is 13.6. The average Bonchev–Trinajstić information content (AvgIpc) is 2.55. The van der Waals surface area contributed by atoms with E-state index >= 15 is 0 Å². The molecule has 1 aromatic carbocycles. The summed E-state index contributed by atoms with van der Waals surface area (Å²) in [7, 11) is -3.12. The number of aromatic nitrogens is 1. The summed E-state index contributed by atoms with van der Waals surface area (Å²) in [5.41, 5.74) is 4.49. The number of nitrogens with zero attached hydrogens (tertiary/aromatic N) is 2. The van der Waals surface area contributed by atoms with Crippen LogP contribution >= 0.6 is 0 Å². The fourth-order valence-electron chi connectivity index (χ4n) is 3.19. The van der Waals surface area contributed by atoms with Gasteiger partial charge in [-0.2, -0.15) is 0 Å². The highest BCUT2D eigenvalue weighted by atomic mass is 32.2. The molecule has 1 fully saturated rings. The van der Waals surface area contributed by atoms with E-state index in [0.717, 1.165) is 24.1 Å². The lowest BCUT2D eigenvalue weighted by atomic mass is 9.94. The van der Waals surface area contributed by atoms with Gasteiger partial charge in [0.1, 0.15) is 0 Å². The van der Waals surface area contributed by atoms with Gasteiger partial charge < -0.3 is 0 Å². The van der Waals surface area contributed by atoms with Gasteiger partial charge in [0.2, 0.25) is 10.0 Å². The van der Waals surface area contributed by atoms with Gasteiger partial charge in [0.15, 0.2) is 0 Å². The van der Waals surface area contributed by atoms with Crippen LogP contribution in [-0.4, -0.2) is 37.1 Å². The molecule has 0 bridgehead atoms. The predicted molar refractivity (Wildman–Crippen MR) is 92.8 cm³/mol. The van der Waals surface area contributed by atoms with Crippen molar-refractivity contribution < 1.29 is 8.42 Å². The average molecular weight is 330 g/mol. The molecule has 23 heavy (non-hydrogen) atoms. The summed E-state index contributed by atoms with van der Waals surface area (Å²) in [5.74, 6) is 0.185. The first-order valence-corrected chi connectivity index (χ1v) is 9.77. The molecule has 0 aliphatic carbocycles. The maximum absolute atomic E-state index is 11.7. The third-order valence-corrected chi connectivity index (χ3v) is 5.78. The quantitative estimate of drug-likeness (QED) is 0.868. The summed E-state index contributed by atoms with van der Waals surface area (Å²) in [6.45, 7) is 3.25. The second kappa shape index (κ2) is 6.42. The Hall–Kier alpha value is -1.72. The predicted octanol–water partition coefficient (Wildman–Crippen LogP) is 3.20. The van der Waals surface area contributed by atoms with Crippen LogP contribution in [0.2, 0.25) is 0 Å². The second-order valence-corrected chi connectivity index (χ2v) is 8.23. The van der Waals surface area contributed by atoms with Crippen LogP contribution in [0.15, 0.2) is 42.6 Å². The van der Waals surface area contributed by atoms with Gasteiger partial charge in [-0.05, 0) is 37.0 Å². The Morgan fingerprint density at radius 1 is 1.17 bits per heavy atom. The van der Waals surface area contributed by atoms with Crippen LogP contribution in [0.25, 0.3) is 11.1 Å². The summed E-state index contributed by atoms with van der Waals surface area (Å²) < 4.78 is 25.1. The van der Waals surface area contributed by atoms with Crippen LogP contribution in [0.3, 0.4) is 0 Å². The van der Waals surface area contributed by atoms with Crippen molar-refractivity contribution in [3.63, 3.8) is 0 Å². The standard InChI is InChI=1S/C18H22N2O2S/c1-14-6-3-4-8-17(14)15-9-10-18(19-12-15)16-7-5-11-20(13-16)23(2,21)22/h3-4,6,8-10,12,16H,5,7,11,13H2,1-2H3/t16-/m0/s1.